The van der Waals surface area contributed by atoms with Gasteiger partial charge < -0.3 is 14.3 Å². The van der Waals surface area contributed by atoms with Crippen LogP contribution in [-0.2, 0) is 6.61 Å². The molecule has 0 saturated carbocycles. The first-order valence-electron chi connectivity index (χ1n) is 4.96. The number of ether oxygens (including phenoxy) is 1. The van der Waals surface area contributed by atoms with E-state index < -0.39 is 0 Å². The van der Waals surface area contributed by atoms with E-state index in [-0.39, 0.29) is 6.61 Å². The highest BCUT2D eigenvalue weighted by Crippen LogP contribution is 2.24. The normalized spacial score (nSPS) is 10.4. The lowest BCUT2D eigenvalue weighted by Gasteiger charge is -2.00. The van der Waals surface area contributed by atoms with E-state index in [2.05, 4.69) is 4.98 Å². The van der Waals surface area contributed by atoms with Gasteiger partial charge in [-0.25, -0.2) is 4.98 Å². The lowest BCUT2D eigenvalue weighted by molar-refractivity contribution is 0.275. The van der Waals surface area contributed by atoms with Gasteiger partial charge in [0, 0.05) is 5.56 Å². The Labute approximate surface area is 93.5 Å². The number of aromatic nitrogens is 1. The van der Waals surface area contributed by atoms with E-state index in [4.69, 9.17) is 14.3 Å². The summed E-state index contributed by atoms with van der Waals surface area (Å²) in [7, 11) is 1.61. The van der Waals surface area contributed by atoms with E-state index in [1.54, 1.807) is 14.0 Å². The van der Waals surface area contributed by atoms with Crippen molar-refractivity contribution in [3.05, 3.63) is 35.7 Å². The molecule has 4 nitrogen and oxygen atoms in total. The smallest absolute Gasteiger partial charge is 0.226 e. The third kappa shape index (κ3) is 1.92. The van der Waals surface area contributed by atoms with Crippen LogP contribution >= 0.6 is 0 Å². The zero-order valence-electron chi connectivity index (χ0n) is 9.23. The molecule has 2 rings (SSSR count). The maximum absolute atomic E-state index is 9.03. The van der Waals surface area contributed by atoms with Crippen molar-refractivity contribution in [1.29, 1.82) is 0 Å². The number of hydrogen-bond acceptors (Lipinski definition) is 4. The van der Waals surface area contributed by atoms with Gasteiger partial charge in [-0.15, -0.1) is 0 Å². The maximum Gasteiger partial charge on any atom is 0.226 e. The van der Waals surface area contributed by atoms with Crippen LogP contribution in [0.25, 0.3) is 11.5 Å². The molecule has 1 N–H and O–H groups in total. The van der Waals surface area contributed by atoms with Crippen LogP contribution in [0.1, 0.15) is 11.5 Å². The third-order valence-electron chi connectivity index (χ3n) is 2.36. The second-order valence-electron chi connectivity index (χ2n) is 3.41. The molecular weight excluding hydrogens is 206 g/mol. The Morgan fingerprint density at radius 3 is 2.88 bits per heavy atom. The summed E-state index contributed by atoms with van der Waals surface area (Å²) < 4.78 is 10.6. The van der Waals surface area contributed by atoms with Crippen LogP contribution in [0.5, 0.6) is 5.75 Å². The van der Waals surface area contributed by atoms with E-state index in [1.807, 2.05) is 24.3 Å². The van der Waals surface area contributed by atoms with Gasteiger partial charge in [0.15, 0.2) is 0 Å². The zero-order valence-corrected chi connectivity index (χ0v) is 9.23. The summed E-state index contributed by atoms with van der Waals surface area (Å²) in [6, 6.07) is 7.44. The minimum atomic E-state index is -0.112. The molecule has 4 heteroatoms. The standard InChI is InChI=1S/C12H13NO3/c1-8-11(7-14)13-12(16-8)9-4-3-5-10(6-9)15-2/h3-6,14H,7H2,1-2H3. The second kappa shape index (κ2) is 4.37. The van der Waals surface area contributed by atoms with Gasteiger partial charge in [0.2, 0.25) is 5.89 Å². The topological polar surface area (TPSA) is 55.5 Å². The molecule has 1 aromatic heterocycles. The number of hydrogen-bond donors (Lipinski definition) is 1. The van der Waals surface area contributed by atoms with Crippen LogP contribution in [0, 0.1) is 6.92 Å². The van der Waals surface area contributed by atoms with E-state index in [0.29, 0.717) is 17.3 Å². The van der Waals surface area contributed by atoms with Crippen molar-refractivity contribution in [2.45, 2.75) is 13.5 Å². The van der Waals surface area contributed by atoms with Crippen LogP contribution in [0.4, 0.5) is 0 Å². The van der Waals surface area contributed by atoms with Crippen molar-refractivity contribution in [2.75, 3.05) is 7.11 Å². The molecule has 0 spiro atoms. The average molecular weight is 219 g/mol. The van der Waals surface area contributed by atoms with Crippen LogP contribution in [0.2, 0.25) is 0 Å². The molecule has 0 amide bonds. The molecule has 1 heterocycles. The van der Waals surface area contributed by atoms with Crippen molar-refractivity contribution in [3.63, 3.8) is 0 Å². The van der Waals surface area contributed by atoms with Crippen LogP contribution in [-0.4, -0.2) is 17.2 Å². The summed E-state index contributed by atoms with van der Waals surface area (Å²) in [5, 5.41) is 9.03. The molecule has 16 heavy (non-hydrogen) atoms. The van der Waals surface area contributed by atoms with Crippen molar-refractivity contribution in [1.82, 2.24) is 4.98 Å². The Morgan fingerprint density at radius 1 is 1.44 bits per heavy atom. The van der Waals surface area contributed by atoms with Crippen LogP contribution < -0.4 is 4.74 Å². The molecule has 0 atom stereocenters. The Bertz CT molecular complexity index is 491. The van der Waals surface area contributed by atoms with Crippen molar-refractivity contribution in [2.24, 2.45) is 0 Å². The number of aliphatic hydroxyl groups is 1. The zero-order chi connectivity index (χ0) is 11.5. The minimum absolute atomic E-state index is 0.112. The molecule has 0 unspecified atom stereocenters. The first-order chi connectivity index (χ1) is 7.74. The third-order valence-corrected chi connectivity index (χ3v) is 2.36. The van der Waals surface area contributed by atoms with Crippen molar-refractivity contribution >= 4 is 0 Å². The van der Waals surface area contributed by atoms with Crippen LogP contribution in [0.3, 0.4) is 0 Å². The van der Waals surface area contributed by atoms with Crippen molar-refractivity contribution in [3.8, 4) is 17.2 Å². The van der Waals surface area contributed by atoms with Crippen molar-refractivity contribution < 1.29 is 14.3 Å². The fourth-order valence-electron chi connectivity index (χ4n) is 1.45. The Morgan fingerprint density at radius 2 is 2.25 bits per heavy atom. The molecule has 0 radical (unpaired) electrons. The molecule has 0 aliphatic heterocycles. The van der Waals surface area contributed by atoms with E-state index in [9.17, 15) is 0 Å². The second-order valence-corrected chi connectivity index (χ2v) is 3.41. The van der Waals surface area contributed by atoms with E-state index in [0.717, 1.165) is 11.3 Å². The molecule has 0 saturated heterocycles. The van der Waals surface area contributed by atoms with Crippen LogP contribution in [0.15, 0.2) is 28.7 Å². The number of aryl methyl sites for hydroxylation is 1. The monoisotopic (exact) mass is 219 g/mol. The average Bonchev–Trinajstić information content (AvgIpc) is 2.71. The number of nitrogens with zero attached hydrogens (tertiary/aromatic N) is 1. The highest BCUT2D eigenvalue weighted by Gasteiger charge is 2.10. The lowest BCUT2D eigenvalue weighted by atomic mass is 10.2. The lowest BCUT2D eigenvalue weighted by Crippen LogP contribution is -1.86. The van der Waals surface area contributed by atoms with Gasteiger partial charge in [0.05, 0.1) is 13.7 Å². The molecule has 0 aliphatic rings. The Kier molecular flexibility index (Phi) is 2.92. The molecule has 0 bridgehead atoms. The van der Waals surface area contributed by atoms with Gasteiger partial charge in [-0.1, -0.05) is 6.07 Å². The van der Waals surface area contributed by atoms with Gasteiger partial charge in [0.25, 0.3) is 0 Å². The summed E-state index contributed by atoms with van der Waals surface area (Å²) in [6.07, 6.45) is 0. The minimum Gasteiger partial charge on any atom is -0.497 e. The fraction of sp³-hybridized carbons (Fsp3) is 0.250. The summed E-state index contributed by atoms with van der Waals surface area (Å²) in [4.78, 5) is 4.20. The predicted molar refractivity (Wildman–Crippen MR) is 59.2 cm³/mol. The number of methoxy groups -OCH3 is 1. The van der Waals surface area contributed by atoms with Gasteiger partial charge in [-0.2, -0.15) is 0 Å². The SMILES string of the molecule is COc1cccc(-c2nc(CO)c(C)o2)c1. The quantitative estimate of drug-likeness (QED) is 0.859. The molecule has 0 aliphatic carbocycles. The van der Waals surface area contributed by atoms with Gasteiger partial charge in [-0.05, 0) is 25.1 Å². The summed E-state index contributed by atoms with van der Waals surface area (Å²) in [5.41, 5.74) is 1.40. The predicted octanol–water partition coefficient (Wildman–Crippen LogP) is 2.15. The van der Waals surface area contributed by atoms with Gasteiger partial charge in [-0.3, -0.25) is 0 Å². The number of aliphatic hydroxyl groups excluding tert-OH is 1. The summed E-state index contributed by atoms with van der Waals surface area (Å²) in [6.45, 7) is 1.67. The van der Waals surface area contributed by atoms with Gasteiger partial charge in [0.1, 0.15) is 17.2 Å². The molecule has 0 fully saturated rings. The van der Waals surface area contributed by atoms with E-state index >= 15 is 0 Å². The summed E-state index contributed by atoms with van der Waals surface area (Å²) in [5.74, 6) is 1.89. The first kappa shape index (κ1) is 10.7. The number of oxazole rings is 1. The highest BCUT2D eigenvalue weighted by atomic mass is 16.5. The highest BCUT2D eigenvalue weighted by molar-refractivity contribution is 5.56. The van der Waals surface area contributed by atoms with E-state index in [1.165, 1.54) is 0 Å². The molecule has 1 aromatic carbocycles. The Balaban J connectivity index is 2.41. The molecule has 2 aromatic rings. The molecule has 84 valence electrons. The number of rotatable bonds is 3. The fourth-order valence-corrected chi connectivity index (χ4v) is 1.45. The first-order valence-corrected chi connectivity index (χ1v) is 4.96. The van der Waals surface area contributed by atoms with Gasteiger partial charge >= 0.3 is 0 Å². The Hall–Kier alpha value is -1.81. The summed E-state index contributed by atoms with van der Waals surface area (Å²) >= 11 is 0. The largest absolute Gasteiger partial charge is 0.497 e. The maximum atomic E-state index is 9.03. The molecular formula is C12H13NO3. The number of benzene rings is 1.